The van der Waals surface area contributed by atoms with Gasteiger partial charge in [0, 0.05) is 35.4 Å². The molecule has 0 saturated carbocycles. The van der Waals surface area contributed by atoms with Gasteiger partial charge in [0.05, 0.1) is 11.5 Å². The molecule has 0 bridgehead atoms. The van der Waals surface area contributed by atoms with Crippen molar-refractivity contribution in [2.45, 2.75) is 0 Å². The summed E-state index contributed by atoms with van der Waals surface area (Å²) >= 11 is 4.57. The van der Waals surface area contributed by atoms with Crippen LogP contribution < -0.4 is 11.1 Å². The number of nitrogens with zero attached hydrogens (tertiary/aromatic N) is 1. The minimum atomic E-state index is -0.868. The molecule has 0 radical (unpaired) electrons. The maximum Gasteiger partial charge on any atom is 0.311 e. The first-order valence-electron chi connectivity index (χ1n) is 4.71. The third-order valence-corrected chi connectivity index (χ3v) is 3.50. The number of nitrogens with one attached hydrogen (secondary N) is 1. The van der Waals surface area contributed by atoms with Gasteiger partial charge >= 0.3 is 11.8 Å². The van der Waals surface area contributed by atoms with Crippen LogP contribution in [0.4, 0.5) is 0 Å². The lowest BCUT2D eigenvalue weighted by atomic mass is 10.4. The fourth-order valence-corrected chi connectivity index (χ4v) is 2.35. The third-order valence-electron chi connectivity index (χ3n) is 2.08. The molecule has 1 fully saturated rings. The highest BCUT2D eigenvalue weighted by Gasteiger charge is 2.25. The van der Waals surface area contributed by atoms with Crippen LogP contribution in [-0.2, 0) is 20.4 Å². The van der Waals surface area contributed by atoms with E-state index in [-0.39, 0.29) is 11.5 Å². The van der Waals surface area contributed by atoms with Crippen LogP contribution in [0.25, 0.3) is 0 Å². The molecule has 1 heterocycles. The van der Waals surface area contributed by atoms with Crippen molar-refractivity contribution in [1.82, 2.24) is 10.2 Å². The van der Waals surface area contributed by atoms with Gasteiger partial charge in [-0.25, -0.2) is 0 Å². The largest absolute Gasteiger partial charge is 0.392 e. The predicted octanol–water partition coefficient (Wildman–Crippen LogP) is -2.02. The molecule has 0 unspecified atom stereocenters. The van der Waals surface area contributed by atoms with E-state index in [1.165, 1.54) is 4.90 Å². The lowest BCUT2D eigenvalue weighted by molar-refractivity contribution is -0.145. The molecule has 2 amide bonds. The van der Waals surface area contributed by atoms with Crippen LogP contribution in [0, 0.1) is 0 Å². The molecule has 0 aromatic heterocycles. The fraction of sp³-hybridized carbons (Fsp3) is 0.625. The van der Waals surface area contributed by atoms with E-state index in [1.807, 2.05) is 0 Å². The SMILES string of the molecule is NC(=S)CNC(=O)C(=O)N1CCS(=O)CC1. The zero-order valence-corrected chi connectivity index (χ0v) is 10.2. The first kappa shape index (κ1) is 13.0. The molecule has 0 aromatic carbocycles. The van der Waals surface area contributed by atoms with Crippen LogP contribution >= 0.6 is 12.2 Å². The molecule has 0 aromatic rings. The molecule has 0 aliphatic carbocycles. The van der Waals surface area contributed by atoms with Crippen LogP contribution in [0.3, 0.4) is 0 Å². The molecule has 8 heteroatoms. The Balaban J connectivity index is 2.41. The Kier molecular flexibility index (Phi) is 4.81. The number of rotatable bonds is 2. The topological polar surface area (TPSA) is 92.5 Å². The summed E-state index contributed by atoms with van der Waals surface area (Å²) in [6.07, 6.45) is 0. The highest BCUT2D eigenvalue weighted by atomic mass is 32.2. The van der Waals surface area contributed by atoms with Gasteiger partial charge in [-0.1, -0.05) is 12.2 Å². The summed E-state index contributed by atoms with van der Waals surface area (Å²) in [5.74, 6) is -0.490. The van der Waals surface area contributed by atoms with Crippen molar-refractivity contribution < 1.29 is 13.8 Å². The normalized spacial score (nSPS) is 16.9. The van der Waals surface area contributed by atoms with Gasteiger partial charge in [-0.05, 0) is 0 Å². The Bertz CT molecular complexity index is 335. The van der Waals surface area contributed by atoms with Crippen molar-refractivity contribution in [3.8, 4) is 0 Å². The van der Waals surface area contributed by atoms with E-state index in [9.17, 15) is 13.8 Å². The van der Waals surface area contributed by atoms with E-state index in [4.69, 9.17) is 5.73 Å². The van der Waals surface area contributed by atoms with Gasteiger partial charge in [-0.2, -0.15) is 0 Å². The Morgan fingerprint density at radius 3 is 2.44 bits per heavy atom. The van der Waals surface area contributed by atoms with Gasteiger partial charge in [-0.15, -0.1) is 0 Å². The summed E-state index contributed by atoms with van der Waals surface area (Å²) in [5, 5.41) is 2.32. The molecule has 0 atom stereocenters. The summed E-state index contributed by atoms with van der Waals surface area (Å²) in [6, 6.07) is 0. The summed E-state index contributed by atoms with van der Waals surface area (Å²) in [7, 11) is -0.868. The molecule has 1 aliphatic heterocycles. The lowest BCUT2D eigenvalue weighted by Crippen LogP contribution is -2.49. The van der Waals surface area contributed by atoms with Crippen molar-refractivity contribution in [3.63, 3.8) is 0 Å². The number of thiocarbonyl (C=S) groups is 1. The highest BCUT2D eigenvalue weighted by Crippen LogP contribution is 2.00. The molecule has 3 N–H and O–H groups in total. The summed E-state index contributed by atoms with van der Waals surface area (Å²) in [4.78, 5) is 24.4. The number of hydrogen-bond donors (Lipinski definition) is 2. The maximum atomic E-state index is 11.5. The van der Waals surface area contributed by atoms with E-state index < -0.39 is 22.6 Å². The maximum absolute atomic E-state index is 11.5. The first-order chi connectivity index (χ1) is 7.50. The Morgan fingerprint density at radius 2 is 1.94 bits per heavy atom. The molecule has 1 aliphatic rings. The zero-order valence-electron chi connectivity index (χ0n) is 8.60. The van der Waals surface area contributed by atoms with Crippen molar-refractivity contribution in [1.29, 1.82) is 0 Å². The zero-order chi connectivity index (χ0) is 12.1. The Labute approximate surface area is 101 Å². The van der Waals surface area contributed by atoms with E-state index in [2.05, 4.69) is 17.5 Å². The first-order valence-corrected chi connectivity index (χ1v) is 6.60. The van der Waals surface area contributed by atoms with Crippen LogP contribution in [0.1, 0.15) is 0 Å². The summed E-state index contributed by atoms with van der Waals surface area (Å²) < 4.78 is 11.1. The second-order valence-corrected chi connectivity index (χ2v) is 5.51. The van der Waals surface area contributed by atoms with Crippen molar-refractivity contribution >= 4 is 39.8 Å². The number of amides is 2. The molecule has 90 valence electrons. The molecule has 16 heavy (non-hydrogen) atoms. The number of carbonyl (C=O) groups excluding carboxylic acids is 2. The van der Waals surface area contributed by atoms with Crippen molar-refractivity contribution in [2.75, 3.05) is 31.1 Å². The van der Waals surface area contributed by atoms with Crippen LogP contribution in [0.2, 0.25) is 0 Å². The quantitative estimate of drug-likeness (QED) is 0.443. The molecule has 6 nitrogen and oxygen atoms in total. The molecular weight excluding hydrogens is 250 g/mol. The Hall–Kier alpha value is -1.02. The fourth-order valence-electron chi connectivity index (χ4n) is 1.23. The molecular formula is C8H13N3O3S2. The second-order valence-electron chi connectivity index (χ2n) is 3.29. The van der Waals surface area contributed by atoms with Crippen molar-refractivity contribution in [2.24, 2.45) is 5.73 Å². The highest BCUT2D eigenvalue weighted by molar-refractivity contribution is 7.85. The van der Waals surface area contributed by atoms with Crippen LogP contribution in [0.15, 0.2) is 0 Å². The average Bonchev–Trinajstić information content (AvgIpc) is 2.26. The number of hydrogen-bond acceptors (Lipinski definition) is 4. The average molecular weight is 263 g/mol. The predicted molar refractivity (Wildman–Crippen MR) is 64.3 cm³/mol. The summed E-state index contributed by atoms with van der Waals surface area (Å²) in [5.41, 5.74) is 5.19. The van der Waals surface area contributed by atoms with Gasteiger partial charge in [0.25, 0.3) is 0 Å². The second kappa shape index (κ2) is 5.90. The minimum absolute atomic E-state index is 0.0136. The van der Waals surface area contributed by atoms with Crippen LogP contribution in [0.5, 0.6) is 0 Å². The van der Waals surface area contributed by atoms with Gasteiger partial charge < -0.3 is 16.0 Å². The minimum Gasteiger partial charge on any atom is -0.392 e. The van der Waals surface area contributed by atoms with Gasteiger partial charge in [0.2, 0.25) is 0 Å². The van der Waals surface area contributed by atoms with E-state index in [0.717, 1.165) is 0 Å². The standard InChI is InChI=1S/C8H13N3O3S2/c9-6(15)5-10-7(12)8(13)11-1-3-16(14)4-2-11/h1-5H2,(H2,9,15)(H,10,12). The molecule has 1 saturated heterocycles. The molecule has 0 spiro atoms. The third kappa shape index (κ3) is 3.86. The van der Waals surface area contributed by atoms with Crippen molar-refractivity contribution in [3.05, 3.63) is 0 Å². The van der Waals surface area contributed by atoms with E-state index >= 15 is 0 Å². The van der Waals surface area contributed by atoms with Gasteiger partial charge in [0.1, 0.15) is 0 Å². The molecule has 1 rings (SSSR count). The van der Waals surface area contributed by atoms with Gasteiger partial charge in [0.15, 0.2) is 0 Å². The smallest absolute Gasteiger partial charge is 0.311 e. The van der Waals surface area contributed by atoms with Gasteiger partial charge in [-0.3, -0.25) is 13.8 Å². The number of carbonyl (C=O) groups is 2. The lowest BCUT2D eigenvalue weighted by Gasteiger charge is -2.25. The van der Waals surface area contributed by atoms with E-state index in [0.29, 0.717) is 24.6 Å². The Morgan fingerprint density at radius 1 is 1.38 bits per heavy atom. The summed E-state index contributed by atoms with van der Waals surface area (Å²) in [6.45, 7) is 0.720. The monoisotopic (exact) mass is 263 g/mol. The number of nitrogens with two attached hydrogens (primary N) is 1. The van der Waals surface area contributed by atoms with E-state index in [1.54, 1.807) is 0 Å². The van der Waals surface area contributed by atoms with Crippen LogP contribution in [-0.4, -0.2) is 57.1 Å².